The van der Waals surface area contributed by atoms with Gasteiger partial charge in [-0.1, -0.05) is 114 Å². The van der Waals surface area contributed by atoms with Crippen LogP contribution in [0.2, 0.25) is 0 Å². The lowest BCUT2D eigenvalue weighted by Gasteiger charge is -2.34. The van der Waals surface area contributed by atoms with E-state index in [1.807, 2.05) is 54.6 Å². The molecule has 42 radical (unpaired) electrons. The van der Waals surface area contributed by atoms with E-state index in [9.17, 15) is 0 Å². The van der Waals surface area contributed by atoms with E-state index in [2.05, 4.69) is 0 Å². The van der Waals surface area contributed by atoms with Crippen molar-refractivity contribution in [3.8, 4) is 44.5 Å². The summed E-state index contributed by atoms with van der Waals surface area (Å²) >= 11 is 0. The number of benzene rings is 9. The third-order valence-corrected chi connectivity index (χ3v) is 13.1. The quantitative estimate of drug-likeness (QED) is 0.0947. The van der Waals surface area contributed by atoms with Crippen molar-refractivity contribution in [1.82, 2.24) is 0 Å². The minimum Gasteiger partial charge on any atom is -0.112 e. The topological polar surface area (TPSA) is 0 Å². The van der Waals surface area contributed by atoms with Crippen molar-refractivity contribution in [1.29, 1.82) is 0 Å². The maximum atomic E-state index is 7.16. The minimum absolute atomic E-state index is 0.0256. The first-order valence-corrected chi connectivity index (χ1v) is 20.3. The first-order valence-electron chi connectivity index (χ1n) is 20.3. The zero-order valence-electron chi connectivity index (χ0n) is 35.8. The number of hydrogen-bond donors (Lipinski definition) is 0. The Hall–Kier alpha value is -4.62. The summed E-state index contributed by atoms with van der Waals surface area (Å²) in [5.41, 5.74) is -1.44. The lowest BCUT2D eigenvalue weighted by molar-refractivity contribution is 1.73. The molecule has 0 N–H and O–H groups in total. The van der Waals surface area contributed by atoms with E-state index in [0.717, 1.165) is 21.5 Å². The first kappa shape index (κ1) is 47.4. The van der Waals surface area contributed by atoms with Crippen molar-refractivity contribution in [3.63, 3.8) is 0 Å². The van der Waals surface area contributed by atoms with Crippen molar-refractivity contribution in [2.75, 3.05) is 0 Å². The number of rotatable bonds is 4. The summed E-state index contributed by atoms with van der Waals surface area (Å²) in [7, 11) is 143. The molecule has 0 heterocycles. The Kier molecular flexibility index (Phi) is 11.9. The van der Waals surface area contributed by atoms with Crippen molar-refractivity contribution >= 4 is 323 Å². The van der Waals surface area contributed by atoms with E-state index < -0.39 is 0 Å². The monoisotopic (exact) mass is 792 g/mol. The Morgan fingerprint density at radius 2 is 0.478 bits per heavy atom. The van der Waals surface area contributed by atoms with E-state index in [1.54, 1.807) is 0 Å². The molecule has 67 heavy (non-hydrogen) atoms. The molecule has 9 aromatic carbocycles. The lowest BCUT2D eigenvalue weighted by Crippen LogP contribution is -2.57. The van der Waals surface area contributed by atoms with Crippen LogP contribution in [-0.2, 0) is 0 Å². The van der Waals surface area contributed by atoms with Gasteiger partial charge in [0.2, 0.25) is 0 Å². The molecule has 0 amide bonds. The van der Waals surface area contributed by atoms with E-state index >= 15 is 0 Å². The highest BCUT2D eigenvalue weighted by Gasteiger charge is 2.30. The first-order chi connectivity index (χ1) is 31.6. The Balaban J connectivity index is 1.52. The van der Waals surface area contributed by atoms with Gasteiger partial charge in [-0.2, -0.15) is 0 Å². The lowest BCUT2D eigenvalue weighted by atomic mass is 9.54. The molecule has 0 saturated carbocycles. The van der Waals surface area contributed by atoms with Crippen LogP contribution in [0.1, 0.15) is 0 Å². The SMILES string of the molecule is [B]c1c([B])c([B])c(-c2c([B])c([B])c([B])c([B])c2-c2c3c([B])c([B])c([B])c([B])c3c(-c3c([B])c([B])c(-c4ccc5c(ccc6ccccc65)c4)c([B])c3[B])c3c([B])c([B])c([B])c([B])c23)c([B])c1[B]. The molecule has 0 bridgehead atoms. The summed E-state index contributed by atoms with van der Waals surface area (Å²) in [6.07, 6.45) is 0. The third kappa shape index (κ3) is 6.65. The molecule has 9 rings (SSSR count). The van der Waals surface area contributed by atoms with Gasteiger partial charge in [-0.05, 0) is 93.7 Å². The summed E-state index contributed by atoms with van der Waals surface area (Å²) in [5, 5.41) is 4.23. The van der Waals surface area contributed by atoms with Crippen LogP contribution in [0.15, 0.2) is 54.6 Å². The average Bonchev–Trinajstić information content (AvgIpc) is 3.32. The highest BCUT2D eigenvalue weighted by Crippen LogP contribution is 2.41. The van der Waals surface area contributed by atoms with Gasteiger partial charge in [0.05, 0.1) is 0 Å². The fourth-order valence-electron chi connectivity index (χ4n) is 9.49. The highest BCUT2D eigenvalue weighted by molar-refractivity contribution is 6.75. The van der Waals surface area contributed by atoms with Gasteiger partial charge in [0.25, 0.3) is 0 Å². The highest BCUT2D eigenvalue weighted by atomic mass is 14.3. The molecule has 0 saturated heterocycles. The van der Waals surface area contributed by atoms with Gasteiger partial charge in [0, 0.05) is 0 Å². The molecule has 0 aliphatic heterocycles. The second kappa shape index (κ2) is 16.8. The second-order valence-corrected chi connectivity index (χ2v) is 16.5. The largest absolute Gasteiger partial charge is 0.113 e. The van der Waals surface area contributed by atoms with Crippen molar-refractivity contribution in [2.24, 2.45) is 0 Å². The zero-order valence-corrected chi connectivity index (χ0v) is 35.8. The maximum Gasteiger partial charge on any atom is 0.113 e. The summed E-state index contributed by atoms with van der Waals surface area (Å²) in [5.74, 6) is 0. The molecule has 0 aliphatic carbocycles. The van der Waals surface area contributed by atoms with Crippen molar-refractivity contribution < 1.29 is 0 Å². The van der Waals surface area contributed by atoms with Gasteiger partial charge in [-0.25, -0.2) is 0 Å². The van der Waals surface area contributed by atoms with Gasteiger partial charge < -0.3 is 0 Å². The predicted molar refractivity (Wildman–Crippen MR) is 311 cm³/mol. The van der Waals surface area contributed by atoms with Crippen LogP contribution < -0.4 is 115 Å². The Morgan fingerprint density at radius 3 is 0.925 bits per heavy atom. The Bertz CT molecular complexity index is 3630. The van der Waals surface area contributed by atoms with E-state index in [-0.39, 0.29) is 170 Å². The van der Waals surface area contributed by atoms with Crippen molar-refractivity contribution in [2.45, 2.75) is 0 Å². The van der Waals surface area contributed by atoms with Crippen LogP contribution in [0, 0.1) is 0 Å². The smallest absolute Gasteiger partial charge is 0.112 e. The second-order valence-electron chi connectivity index (χ2n) is 16.5. The molecule has 0 spiro atoms. The summed E-state index contributed by atoms with van der Waals surface area (Å²) in [6.45, 7) is 0. The Morgan fingerprint density at radius 1 is 0.194 bits per heavy atom. The molecule has 21 heteroatoms. The van der Waals surface area contributed by atoms with Crippen LogP contribution in [0.3, 0.4) is 0 Å². The van der Waals surface area contributed by atoms with Gasteiger partial charge in [0.15, 0.2) is 0 Å². The van der Waals surface area contributed by atoms with Crippen molar-refractivity contribution in [3.05, 3.63) is 54.6 Å². The summed E-state index contributed by atoms with van der Waals surface area (Å²) in [6, 6.07) is 17.9. The molecular weight excluding hydrogens is 780 g/mol. The average molecular weight is 789 g/mol. The van der Waals surface area contributed by atoms with E-state index in [0.29, 0.717) is 11.1 Å². The van der Waals surface area contributed by atoms with E-state index in [1.165, 1.54) is 0 Å². The summed E-state index contributed by atoms with van der Waals surface area (Å²) in [4.78, 5) is 0. The van der Waals surface area contributed by atoms with Crippen LogP contribution in [0.5, 0.6) is 0 Å². The zero-order chi connectivity index (χ0) is 48.7. The standard InChI is InChI=1S/C46H9B21/c47-26-15(12-7-8-14-11(9-12)6-5-10-3-1-2-4-13(10)14)27(48)35(56)24(34(26)55)17-21-18(28(49)38(59)41(62)31(21)52)16(19-22(17)32(53)42(63)39(60)29(19)50)20-23(33(54)43(64)40(61)30(20)51)25-36(57)44(65)46(67)45(66)37(25)58/h1-9H. The molecule has 0 atom stereocenters. The fraction of sp³-hybridized carbons (Fsp3) is 0. The predicted octanol–water partition coefficient (Wildman–Crippen LogP) is -12.4. The van der Waals surface area contributed by atoms with Crippen LogP contribution in [-0.4, -0.2) is 165 Å². The summed E-state index contributed by atoms with van der Waals surface area (Å²) < 4.78 is 0. The normalized spacial score (nSPS) is 11.6. The van der Waals surface area contributed by atoms with Gasteiger partial charge in [0.1, 0.15) is 165 Å². The molecule has 0 nitrogen and oxygen atoms in total. The van der Waals surface area contributed by atoms with E-state index in [4.69, 9.17) is 165 Å². The van der Waals surface area contributed by atoms with Gasteiger partial charge in [-0.15, -0.1) is 49.2 Å². The number of fused-ring (bicyclic) bond motifs is 5. The Labute approximate surface area is 419 Å². The van der Waals surface area contributed by atoms with Gasteiger partial charge in [-0.3, -0.25) is 0 Å². The third-order valence-electron chi connectivity index (χ3n) is 13.1. The molecule has 256 valence electrons. The van der Waals surface area contributed by atoms with Gasteiger partial charge >= 0.3 is 0 Å². The van der Waals surface area contributed by atoms with Crippen LogP contribution >= 0.6 is 0 Å². The molecule has 0 aliphatic rings. The molecule has 0 fully saturated rings. The molecular formula is C46H9B21. The van der Waals surface area contributed by atoms with Crippen LogP contribution in [0.4, 0.5) is 0 Å². The molecule has 0 aromatic heterocycles. The maximum absolute atomic E-state index is 7.16. The molecule has 9 aromatic rings. The fourth-order valence-corrected chi connectivity index (χ4v) is 9.49. The van der Waals surface area contributed by atoms with Crippen LogP contribution in [0.25, 0.3) is 87.6 Å². The minimum atomic E-state index is -0.188. The molecule has 0 unspecified atom stereocenters. The number of hydrogen-bond acceptors (Lipinski definition) is 0.